The van der Waals surface area contributed by atoms with Crippen molar-refractivity contribution in [2.75, 3.05) is 0 Å². The van der Waals surface area contributed by atoms with Gasteiger partial charge in [-0.1, -0.05) is 0 Å². The van der Waals surface area contributed by atoms with E-state index in [4.69, 9.17) is 18.0 Å². The van der Waals surface area contributed by atoms with E-state index in [9.17, 15) is 8.42 Å². The van der Waals surface area contributed by atoms with Crippen molar-refractivity contribution in [3.63, 3.8) is 0 Å². The highest BCUT2D eigenvalue weighted by Gasteiger charge is 2.15. The first kappa shape index (κ1) is 8.76. The molecule has 1 unspecified atom stereocenters. The molecule has 0 fully saturated rings. The van der Waals surface area contributed by atoms with E-state index in [-0.39, 0.29) is 6.42 Å². The van der Waals surface area contributed by atoms with Gasteiger partial charge in [-0.3, -0.25) is 0 Å². The predicted octanol–water partition coefficient (Wildman–Crippen LogP) is -0.137. The molecule has 1 atom stereocenters. The summed E-state index contributed by atoms with van der Waals surface area (Å²) in [5.41, 5.74) is 0. The molecule has 2 N–H and O–H groups in total. The van der Waals surface area contributed by atoms with Gasteiger partial charge in [0.25, 0.3) is 0 Å². The fourth-order valence-corrected chi connectivity index (χ4v) is 0.626. The minimum atomic E-state index is -3.64. The minimum Gasteiger partial charge on any atom is -0.227 e. The summed E-state index contributed by atoms with van der Waals surface area (Å²) in [7, 11) is -3.64. The molecule has 5 heteroatoms. The molecule has 0 aromatic rings. The van der Waals surface area contributed by atoms with Crippen LogP contribution >= 0.6 is 11.6 Å². The van der Waals surface area contributed by atoms with Crippen molar-refractivity contribution in [3.8, 4) is 12.3 Å². The molecule has 0 saturated heterocycles. The number of alkyl halides is 1. The standard InChI is InChI=1S/C4H6ClNO2S/c1-2-3-4(5)9(6,7)8/h1,4H,3H2,(H2,6,7,8). The number of terminal acetylenes is 1. The Hall–Kier alpha value is -0.240. The molecular formula is C4H6ClNO2S. The summed E-state index contributed by atoms with van der Waals surface area (Å²) in [4.78, 5) is 0. The summed E-state index contributed by atoms with van der Waals surface area (Å²) in [6.07, 6.45) is 4.72. The van der Waals surface area contributed by atoms with Crippen LogP contribution in [0.25, 0.3) is 0 Å². The lowest BCUT2D eigenvalue weighted by atomic mass is 10.5. The Morgan fingerprint density at radius 1 is 1.78 bits per heavy atom. The second-order valence-electron chi connectivity index (χ2n) is 1.41. The second kappa shape index (κ2) is 3.06. The minimum absolute atomic E-state index is 0.0552. The zero-order chi connectivity index (χ0) is 7.49. The summed E-state index contributed by atoms with van der Waals surface area (Å²) in [5.74, 6) is 2.08. The number of rotatable bonds is 2. The van der Waals surface area contributed by atoms with Gasteiger partial charge in [0, 0.05) is 6.42 Å². The quantitative estimate of drug-likeness (QED) is 0.460. The van der Waals surface area contributed by atoms with E-state index in [0.29, 0.717) is 0 Å². The maximum atomic E-state index is 10.3. The van der Waals surface area contributed by atoms with Gasteiger partial charge in [-0.15, -0.1) is 23.9 Å². The Morgan fingerprint density at radius 3 is 2.33 bits per heavy atom. The van der Waals surface area contributed by atoms with Crippen LogP contribution in [0, 0.1) is 12.3 Å². The molecule has 9 heavy (non-hydrogen) atoms. The highest BCUT2D eigenvalue weighted by molar-refractivity contribution is 7.91. The van der Waals surface area contributed by atoms with Crippen LogP contribution in [0.1, 0.15) is 6.42 Å². The third-order valence-electron chi connectivity index (χ3n) is 0.635. The Bertz CT molecular complexity index is 215. The smallest absolute Gasteiger partial charge is 0.226 e. The van der Waals surface area contributed by atoms with Crippen LogP contribution in [0.3, 0.4) is 0 Å². The molecule has 0 radical (unpaired) electrons. The number of hydrogen-bond donors (Lipinski definition) is 1. The molecule has 0 rings (SSSR count). The molecule has 0 aliphatic heterocycles. The zero-order valence-corrected chi connectivity index (χ0v) is 6.11. The van der Waals surface area contributed by atoms with Crippen molar-refractivity contribution >= 4 is 21.6 Å². The summed E-state index contributed by atoms with van der Waals surface area (Å²) in [5, 5.41) is 4.61. The molecule has 0 bridgehead atoms. The van der Waals surface area contributed by atoms with E-state index in [2.05, 4.69) is 11.1 Å². The molecular weight excluding hydrogens is 162 g/mol. The largest absolute Gasteiger partial charge is 0.227 e. The zero-order valence-electron chi connectivity index (χ0n) is 4.54. The van der Waals surface area contributed by atoms with Crippen molar-refractivity contribution in [1.29, 1.82) is 0 Å². The summed E-state index contributed by atoms with van der Waals surface area (Å²) >= 11 is 5.20. The monoisotopic (exact) mass is 167 g/mol. The normalized spacial score (nSPS) is 14.3. The van der Waals surface area contributed by atoms with Crippen LogP contribution in [0.4, 0.5) is 0 Å². The van der Waals surface area contributed by atoms with Gasteiger partial charge in [-0.25, -0.2) is 13.6 Å². The lowest BCUT2D eigenvalue weighted by Gasteiger charge is -1.99. The summed E-state index contributed by atoms with van der Waals surface area (Å²) < 4.78 is 19.4. The van der Waals surface area contributed by atoms with Gasteiger partial charge >= 0.3 is 0 Å². The maximum Gasteiger partial charge on any atom is 0.226 e. The predicted molar refractivity (Wildman–Crippen MR) is 36.2 cm³/mol. The Kier molecular flexibility index (Phi) is 2.98. The first-order valence-corrected chi connectivity index (χ1v) is 4.12. The highest BCUT2D eigenvalue weighted by atomic mass is 35.5. The number of sulfonamides is 1. The average molecular weight is 168 g/mol. The number of hydrogen-bond acceptors (Lipinski definition) is 2. The Labute approximate surface area is 59.2 Å². The van der Waals surface area contributed by atoms with Crippen LogP contribution in [0.5, 0.6) is 0 Å². The number of halogens is 1. The number of nitrogens with two attached hydrogens (primary N) is 1. The van der Waals surface area contributed by atoms with E-state index in [1.807, 2.05) is 0 Å². The van der Waals surface area contributed by atoms with Gasteiger partial charge < -0.3 is 0 Å². The second-order valence-corrected chi connectivity index (χ2v) is 3.94. The molecule has 0 saturated carbocycles. The lowest BCUT2D eigenvalue weighted by molar-refractivity contribution is 0.594. The first-order chi connectivity index (χ1) is 3.98. The third-order valence-corrected chi connectivity index (χ3v) is 2.41. The van der Waals surface area contributed by atoms with E-state index in [1.54, 1.807) is 0 Å². The van der Waals surface area contributed by atoms with Gasteiger partial charge in [-0.2, -0.15) is 0 Å². The van der Waals surface area contributed by atoms with Crippen LogP contribution in [0.2, 0.25) is 0 Å². The maximum absolute atomic E-state index is 10.3. The number of primary sulfonamides is 1. The Morgan fingerprint density at radius 2 is 2.22 bits per heavy atom. The highest BCUT2D eigenvalue weighted by Crippen LogP contribution is 2.04. The molecule has 0 aliphatic rings. The van der Waals surface area contributed by atoms with Gasteiger partial charge in [-0.05, 0) is 0 Å². The van der Waals surface area contributed by atoms with Crippen LogP contribution in [0.15, 0.2) is 0 Å². The van der Waals surface area contributed by atoms with Crippen molar-refractivity contribution in [1.82, 2.24) is 0 Å². The fourth-order valence-electron chi connectivity index (χ4n) is 0.209. The lowest BCUT2D eigenvalue weighted by Crippen LogP contribution is -2.23. The van der Waals surface area contributed by atoms with Crippen molar-refractivity contribution in [2.24, 2.45) is 5.14 Å². The summed E-state index contributed by atoms with van der Waals surface area (Å²) in [6.45, 7) is 0. The average Bonchev–Trinajstić information content (AvgIpc) is 1.64. The Balaban J connectivity index is 4.10. The van der Waals surface area contributed by atoms with Crippen molar-refractivity contribution in [2.45, 2.75) is 11.1 Å². The van der Waals surface area contributed by atoms with E-state index < -0.39 is 14.7 Å². The molecule has 3 nitrogen and oxygen atoms in total. The van der Waals surface area contributed by atoms with E-state index >= 15 is 0 Å². The van der Waals surface area contributed by atoms with E-state index in [0.717, 1.165) is 0 Å². The fraction of sp³-hybridized carbons (Fsp3) is 0.500. The van der Waals surface area contributed by atoms with Gasteiger partial charge in [0.05, 0.1) is 0 Å². The molecule has 0 aliphatic carbocycles. The molecule has 0 spiro atoms. The van der Waals surface area contributed by atoms with Gasteiger partial charge in [0.1, 0.15) is 0 Å². The van der Waals surface area contributed by atoms with Gasteiger partial charge in [0.15, 0.2) is 4.71 Å². The third kappa shape index (κ3) is 3.36. The first-order valence-electron chi connectivity index (χ1n) is 2.07. The van der Waals surface area contributed by atoms with Crippen molar-refractivity contribution in [3.05, 3.63) is 0 Å². The van der Waals surface area contributed by atoms with Crippen LogP contribution < -0.4 is 5.14 Å². The van der Waals surface area contributed by atoms with Crippen LogP contribution in [-0.4, -0.2) is 13.1 Å². The molecule has 0 amide bonds. The molecule has 0 aromatic heterocycles. The van der Waals surface area contributed by atoms with Crippen LogP contribution in [-0.2, 0) is 10.0 Å². The van der Waals surface area contributed by atoms with Gasteiger partial charge in [0.2, 0.25) is 10.0 Å². The topological polar surface area (TPSA) is 60.2 Å². The van der Waals surface area contributed by atoms with Crippen molar-refractivity contribution < 1.29 is 8.42 Å². The molecule has 0 aromatic carbocycles. The summed E-state index contributed by atoms with van der Waals surface area (Å²) in [6, 6.07) is 0. The molecule has 0 heterocycles. The SMILES string of the molecule is C#CCC(Cl)S(N)(=O)=O. The molecule has 52 valence electrons. The van der Waals surface area contributed by atoms with E-state index in [1.165, 1.54) is 0 Å².